The van der Waals surface area contributed by atoms with Crippen molar-refractivity contribution in [2.45, 2.75) is 12.1 Å². The van der Waals surface area contributed by atoms with Crippen molar-refractivity contribution >= 4 is 17.5 Å². The molecule has 3 aromatic rings. The van der Waals surface area contributed by atoms with Gasteiger partial charge in [-0.15, -0.1) is 10.2 Å². The molecule has 24 heavy (non-hydrogen) atoms. The molecule has 0 saturated carbocycles. The third kappa shape index (κ3) is 2.48. The molecule has 4 rings (SSSR count). The molecule has 2 heterocycles. The Labute approximate surface area is 142 Å². The molecule has 0 aliphatic carbocycles. The first kappa shape index (κ1) is 14.6. The molecule has 120 valence electrons. The zero-order valence-corrected chi connectivity index (χ0v) is 13.6. The van der Waals surface area contributed by atoms with E-state index >= 15 is 0 Å². The quantitative estimate of drug-likeness (QED) is 0.622. The average molecular weight is 338 g/mol. The minimum atomic E-state index is -0.159. The number of rotatable bonds is 2. The summed E-state index contributed by atoms with van der Waals surface area (Å²) < 4.78 is 1.81. The largest absolute Gasteiger partial charge is 0.504 e. The van der Waals surface area contributed by atoms with E-state index in [-0.39, 0.29) is 11.5 Å². The molecular formula is C17H14N4O2S. The van der Waals surface area contributed by atoms with Crippen LogP contribution in [0.4, 0.5) is 0 Å². The number of benzene rings is 2. The van der Waals surface area contributed by atoms with Crippen molar-refractivity contribution in [3.8, 4) is 22.9 Å². The van der Waals surface area contributed by atoms with E-state index in [1.807, 2.05) is 41.3 Å². The van der Waals surface area contributed by atoms with E-state index in [0.29, 0.717) is 5.82 Å². The lowest BCUT2D eigenvalue weighted by Crippen LogP contribution is -2.18. The standard InChI is InChI=1S/C17H14N4O2S/c1-10-2-4-11(5-3-10)16-18-19-17-21(16)20-13(9-24-17)12-6-7-14(22)15(23)8-12/h2-9,20,22-23H,1H3. The molecule has 1 aromatic heterocycles. The van der Waals surface area contributed by atoms with Crippen molar-refractivity contribution in [1.29, 1.82) is 0 Å². The van der Waals surface area contributed by atoms with Gasteiger partial charge >= 0.3 is 0 Å². The monoisotopic (exact) mass is 338 g/mol. The number of aryl methyl sites for hydroxylation is 1. The van der Waals surface area contributed by atoms with E-state index in [1.165, 1.54) is 29.5 Å². The SMILES string of the molecule is Cc1ccc(-c2nnc3n2NC(c2ccc(O)c(O)c2)=CS3)cc1. The molecule has 0 spiro atoms. The number of nitrogens with one attached hydrogen (secondary N) is 1. The van der Waals surface area contributed by atoms with E-state index in [9.17, 15) is 10.2 Å². The number of thioether (sulfide) groups is 1. The van der Waals surface area contributed by atoms with E-state index in [4.69, 9.17) is 0 Å². The normalized spacial score (nSPS) is 13.1. The summed E-state index contributed by atoms with van der Waals surface area (Å²) in [5, 5.41) is 30.3. The van der Waals surface area contributed by atoms with Crippen molar-refractivity contribution in [3.63, 3.8) is 0 Å². The number of phenols is 2. The molecule has 0 amide bonds. The number of nitrogens with zero attached hydrogens (tertiary/aromatic N) is 3. The van der Waals surface area contributed by atoms with E-state index in [2.05, 4.69) is 15.6 Å². The lowest BCUT2D eigenvalue weighted by molar-refractivity contribution is 0.403. The number of hydrogen-bond acceptors (Lipinski definition) is 6. The van der Waals surface area contributed by atoms with Crippen LogP contribution in [0.1, 0.15) is 11.1 Å². The topological polar surface area (TPSA) is 83.2 Å². The van der Waals surface area contributed by atoms with Gasteiger partial charge in [-0.3, -0.25) is 5.43 Å². The summed E-state index contributed by atoms with van der Waals surface area (Å²) in [6, 6.07) is 12.8. The van der Waals surface area contributed by atoms with Crippen LogP contribution in [0.15, 0.2) is 53.0 Å². The molecule has 1 aliphatic heterocycles. The fourth-order valence-electron chi connectivity index (χ4n) is 2.42. The van der Waals surface area contributed by atoms with Gasteiger partial charge in [0.05, 0.1) is 5.70 Å². The van der Waals surface area contributed by atoms with E-state index < -0.39 is 0 Å². The molecule has 1 aliphatic rings. The average Bonchev–Trinajstić information content (AvgIpc) is 3.01. The van der Waals surface area contributed by atoms with Crippen LogP contribution in [0, 0.1) is 6.92 Å². The molecule has 0 saturated heterocycles. The Morgan fingerprint density at radius 3 is 2.46 bits per heavy atom. The van der Waals surface area contributed by atoms with Gasteiger partial charge < -0.3 is 10.2 Å². The highest BCUT2D eigenvalue weighted by molar-refractivity contribution is 8.02. The van der Waals surface area contributed by atoms with Crippen molar-refractivity contribution < 1.29 is 10.2 Å². The number of hydrogen-bond donors (Lipinski definition) is 3. The Morgan fingerprint density at radius 1 is 0.958 bits per heavy atom. The molecule has 0 unspecified atom stereocenters. The van der Waals surface area contributed by atoms with Gasteiger partial charge in [-0.25, -0.2) is 4.68 Å². The number of aromatic hydroxyl groups is 2. The molecule has 7 heteroatoms. The van der Waals surface area contributed by atoms with Gasteiger partial charge in [-0.05, 0) is 25.1 Å². The predicted octanol–water partition coefficient (Wildman–Crippen LogP) is 3.31. The molecule has 0 fully saturated rings. The van der Waals surface area contributed by atoms with Crippen LogP contribution in [0.2, 0.25) is 0 Å². The first-order valence-corrected chi connectivity index (χ1v) is 8.18. The van der Waals surface area contributed by atoms with Gasteiger partial charge in [0, 0.05) is 16.5 Å². The minimum absolute atomic E-state index is 0.145. The Morgan fingerprint density at radius 2 is 1.71 bits per heavy atom. The fraction of sp³-hybridized carbons (Fsp3) is 0.0588. The molecule has 6 nitrogen and oxygen atoms in total. The third-order valence-corrected chi connectivity index (χ3v) is 4.57. The summed E-state index contributed by atoms with van der Waals surface area (Å²) in [5.74, 6) is 0.410. The lowest BCUT2D eigenvalue weighted by atomic mass is 10.1. The summed E-state index contributed by atoms with van der Waals surface area (Å²) in [6.07, 6.45) is 0. The van der Waals surface area contributed by atoms with Gasteiger partial charge in [0.15, 0.2) is 17.3 Å². The number of aromatic nitrogens is 3. The van der Waals surface area contributed by atoms with E-state index in [1.54, 1.807) is 6.07 Å². The maximum atomic E-state index is 9.70. The smallest absolute Gasteiger partial charge is 0.214 e. The van der Waals surface area contributed by atoms with Crippen LogP contribution in [0.25, 0.3) is 17.1 Å². The van der Waals surface area contributed by atoms with Crippen molar-refractivity contribution in [1.82, 2.24) is 14.9 Å². The summed E-state index contributed by atoms with van der Waals surface area (Å²) in [5.41, 5.74) is 6.95. The Bertz CT molecular complexity index is 948. The minimum Gasteiger partial charge on any atom is -0.504 e. The Kier molecular flexibility index (Phi) is 3.42. The zero-order valence-electron chi connectivity index (χ0n) is 12.8. The third-order valence-electron chi connectivity index (χ3n) is 3.74. The second kappa shape index (κ2) is 5.61. The number of phenolic OH excluding ortho intramolecular Hbond substituents is 2. The summed E-state index contributed by atoms with van der Waals surface area (Å²) >= 11 is 1.44. The number of fused-ring (bicyclic) bond motifs is 1. The molecule has 0 bridgehead atoms. The Hall–Kier alpha value is -2.93. The first-order chi connectivity index (χ1) is 11.6. The highest BCUT2D eigenvalue weighted by atomic mass is 32.2. The molecule has 0 radical (unpaired) electrons. The van der Waals surface area contributed by atoms with Crippen LogP contribution >= 0.6 is 11.8 Å². The summed E-state index contributed by atoms with van der Waals surface area (Å²) in [6.45, 7) is 2.04. The molecule has 2 aromatic carbocycles. The van der Waals surface area contributed by atoms with Gasteiger partial charge in [0.25, 0.3) is 0 Å². The highest BCUT2D eigenvalue weighted by Gasteiger charge is 2.19. The maximum absolute atomic E-state index is 9.70. The summed E-state index contributed by atoms with van der Waals surface area (Å²) in [4.78, 5) is 0. The first-order valence-electron chi connectivity index (χ1n) is 7.30. The summed E-state index contributed by atoms with van der Waals surface area (Å²) in [7, 11) is 0. The van der Waals surface area contributed by atoms with E-state index in [0.717, 1.165) is 22.0 Å². The van der Waals surface area contributed by atoms with Crippen molar-refractivity contribution in [2.24, 2.45) is 0 Å². The van der Waals surface area contributed by atoms with Crippen LogP contribution < -0.4 is 5.43 Å². The van der Waals surface area contributed by atoms with Crippen molar-refractivity contribution in [2.75, 3.05) is 5.43 Å². The predicted molar refractivity (Wildman–Crippen MR) is 93.2 cm³/mol. The van der Waals surface area contributed by atoms with Gasteiger partial charge in [-0.1, -0.05) is 41.6 Å². The van der Waals surface area contributed by atoms with Crippen LogP contribution in [0.5, 0.6) is 11.5 Å². The van der Waals surface area contributed by atoms with Gasteiger partial charge in [0.2, 0.25) is 5.16 Å². The van der Waals surface area contributed by atoms with Crippen molar-refractivity contribution in [3.05, 3.63) is 59.0 Å². The van der Waals surface area contributed by atoms with Crippen LogP contribution in [-0.4, -0.2) is 25.1 Å². The highest BCUT2D eigenvalue weighted by Crippen LogP contribution is 2.34. The molecule has 0 atom stereocenters. The maximum Gasteiger partial charge on any atom is 0.214 e. The molecule has 3 N–H and O–H groups in total. The fourth-order valence-corrected chi connectivity index (χ4v) is 3.16. The van der Waals surface area contributed by atoms with Crippen LogP contribution in [-0.2, 0) is 0 Å². The lowest BCUT2D eigenvalue weighted by Gasteiger charge is -2.19. The van der Waals surface area contributed by atoms with Gasteiger partial charge in [0.1, 0.15) is 0 Å². The second-order valence-electron chi connectivity index (χ2n) is 5.47. The Balaban J connectivity index is 1.70. The second-order valence-corrected chi connectivity index (χ2v) is 6.31. The molecular weight excluding hydrogens is 324 g/mol. The van der Waals surface area contributed by atoms with Gasteiger partial charge in [-0.2, -0.15) is 0 Å². The zero-order chi connectivity index (χ0) is 16.7. The van der Waals surface area contributed by atoms with Crippen LogP contribution in [0.3, 0.4) is 0 Å².